The molecule has 25 heavy (non-hydrogen) atoms. The van der Waals surface area contributed by atoms with E-state index in [-0.39, 0.29) is 23.8 Å². The molecule has 2 unspecified atom stereocenters. The minimum absolute atomic E-state index is 0.0161. The monoisotopic (exact) mass is 346 g/mol. The van der Waals surface area contributed by atoms with Gasteiger partial charge in [-0.05, 0) is 80.5 Å². The fourth-order valence-electron chi connectivity index (χ4n) is 6.88. The quantitative estimate of drug-likeness (QED) is 0.801. The SMILES string of the molecule is CC1CCCCC1NC(=O)CNC(=O)CC12CC3CC(CC(C3)C1)C2. The van der Waals surface area contributed by atoms with E-state index >= 15 is 0 Å². The van der Waals surface area contributed by atoms with Gasteiger partial charge in [-0.25, -0.2) is 0 Å². The summed E-state index contributed by atoms with van der Waals surface area (Å²) >= 11 is 0. The third kappa shape index (κ3) is 3.88. The zero-order valence-corrected chi connectivity index (χ0v) is 15.7. The van der Waals surface area contributed by atoms with Gasteiger partial charge in [0.2, 0.25) is 11.8 Å². The van der Waals surface area contributed by atoms with Crippen molar-refractivity contribution < 1.29 is 9.59 Å². The fraction of sp³-hybridized carbons (Fsp3) is 0.905. The first kappa shape index (κ1) is 17.4. The number of rotatable bonds is 5. The zero-order chi connectivity index (χ0) is 17.4. The van der Waals surface area contributed by atoms with Gasteiger partial charge in [0.25, 0.3) is 0 Å². The average Bonchev–Trinajstić information content (AvgIpc) is 2.53. The third-order valence-corrected chi connectivity index (χ3v) is 7.60. The molecular formula is C21H34N2O2. The molecule has 2 atom stereocenters. The van der Waals surface area contributed by atoms with E-state index < -0.39 is 0 Å². The van der Waals surface area contributed by atoms with Crippen molar-refractivity contribution in [2.24, 2.45) is 29.1 Å². The molecule has 5 aliphatic carbocycles. The molecule has 0 aromatic rings. The van der Waals surface area contributed by atoms with Gasteiger partial charge in [0.1, 0.15) is 0 Å². The molecule has 0 saturated heterocycles. The van der Waals surface area contributed by atoms with Gasteiger partial charge < -0.3 is 10.6 Å². The van der Waals surface area contributed by atoms with Gasteiger partial charge >= 0.3 is 0 Å². The van der Waals surface area contributed by atoms with Crippen LogP contribution in [0.5, 0.6) is 0 Å². The van der Waals surface area contributed by atoms with Crippen LogP contribution in [0.3, 0.4) is 0 Å². The highest BCUT2D eigenvalue weighted by Gasteiger charge is 2.51. The number of carbonyl (C=O) groups excluding carboxylic acids is 2. The lowest BCUT2D eigenvalue weighted by Crippen LogP contribution is -2.49. The molecular weight excluding hydrogens is 312 g/mol. The highest BCUT2D eigenvalue weighted by atomic mass is 16.2. The van der Waals surface area contributed by atoms with Crippen molar-refractivity contribution in [2.45, 2.75) is 83.6 Å². The molecule has 5 saturated carbocycles. The lowest BCUT2D eigenvalue weighted by atomic mass is 9.49. The van der Waals surface area contributed by atoms with E-state index in [1.807, 2.05) is 0 Å². The molecule has 0 heterocycles. The molecule has 2 amide bonds. The maximum atomic E-state index is 12.5. The molecule has 2 N–H and O–H groups in total. The minimum Gasteiger partial charge on any atom is -0.352 e. The van der Waals surface area contributed by atoms with Crippen LogP contribution in [-0.2, 0) is 9.59 Å². The van der Waals surface area contributed by atoms with Gasteiger partial charge in [-0.1, -0.05) is 19.8 Å². The van der Waals surface area contributed by atoms with Crippen LogP contribution in [0.15, 0.2) is 0 Å². The minimum atomic E-state index is -0.0161. The molecule has 4 heteroatoms. The van der Waals surface area contributed by atoms with Crippen molar-refractivity contribution >= 4 is 11.8 Å². The Hall–Kier alpha value is -1.06. The van der Waals surface area contributed by atoms with Crippen molar-refractivity contribution in [3.05, 3.63) is 0 Å². The van der Waals surface area contributed by atoms with Gasteiger partial charge in [-0.15, -0.1) is 0 Å². The van der Waals surface area contributed by atoms with Crippen LogP contribution < -0.4 is 10.6 Å². The second kappa shape index (κ2) is 6.92. The molecule has 5 aliphatic rings. The van der Waals surface area contributed by atoms with Gasteiger partial charge in [0, 0.05) is 12.5 Å². The Morgan fingerprint density at radius 1 is 0.920 bits per heavy atom. The van der Waals surface area contributed by atoms with Crippen molar-refractivity contribution in [2.75, 3.05) is 6.54 Å². The van der Waals surface area contributed by atoms with E-state index in [9.17, 15) is 9.59 Å². The second-order valence-corrected chi connectivity index (χ2v) is 9.81. The summed E-state index contributed by atoms with van der Waals surface area (Å²) in [4.78, 5) is 24.7. The summed E-state index contributed by atoms with van der Waals surface area (Å²) in [5.74, 6) is 3.24. The molecule has 5 fully saturated rings. The summed E-state index contributed by atoms with van der Waals surface area (Å²) in [6, 6.07) is 0.293. The van der Waals surface area contributed by atoms with Crippen LogP contribution in [0, 0.1) is 29.1 Å². The predicted molar refractivity (Wildman–Crippen MR) is 97.8 cm³/mol. The fourth-order valence-corrected chi connectivity index (χ4v) is 6.88. The highest BCUT2D eigenvalue weighted by Crippen LogP contribution is 2.61. The molecule has 4 bridgehead atoms. The molecule has 140 valence electrons. The molecule has 0 aromatic heterocycles. The predicted octanol–water partition coefficient (Wildman–Crippen LogP) is 3.40. The van der Waals surface area contributed by atoms with Crippen molar-refractivity contribution in [3.63, 3.8) is 0 Å². The maximum Gasteiger partial charge on any atom is 0.239 e. The van der Waals surface area contributed by atoms with E-state index in [2.05, 4.69) is 17.6 Å². The van der Waals surface area contributed by atoms with Crippen LogP contribution in [-0.4, -0.2) is 24.4 Å². The summed E-state index contributed by atoms with van der Waals surface area (Å²) < 4.78 is 0. The van der Waals surface area contributed by atoms with E-state index in [4.69, 9.17) is 0 Å². The Balaban J connectivity index is 1.23. The Labute approximate surface area is 151 Å². The number of hydrogen-bond acceptors (Lipinski definition) is 2. The van der Waals surface area contributed by atoms with Crippen molar-refractivity contribution in [1.82, 2.24) is 10.6 Å². The Bertz CT molecular complexity index is 495. The first-order chi connectivity index (χ1) is 12.0. The van der Waals surface area contributed by atoms with Gasteiger partial charge in [-0.2, -0.15) is 0 Å². The lowest BCUT2D eigenvalue weighted by Gasteiger charge is -2.56. The van der Waals surface area contributed by atoms with Crippen molar-refractivity contribution in [3.8, 4) is 0 Å². The lowest BCUT2D eigenvalue weighted by molar-refractivity contribution is -0.132. The van der Waals surface area contributed by atoms with E-state index in [0.717, 1.165) is 24.2 Å². The Morgan fingerprint density at radius 3 is 2.12 bits per heavy atom. The van der Waals surface area contributed by atoms with Gasteiger partial charge in [-0.3, -0.25) is 9.59 Å². The summed E-state index contributed by atoms with van der Waals surface area (Å²) in [6.45, 7) is 2.37. The van der Waals surface area contributed by atoms with Gasteiger partial charge in [0.05, 0.1) is 6.54 Å². The van der Waals surface area contributed by atoms with Gasteiger partial charge in [0.15, 0.2) is 0 Å². The summed E-state index contributed by atoms with van der Waals surface area (Å²) in [6.07, 6.45) is 13.4. The highest BCUT2D eigenvalue weighted by molar-refractivity contribution is 5.85. The largest absolute Gasteiger partial charge is 0.352 e. The Morgan fingerprint density at radius 2 is 1.52 bits per heavy atom. The molecule has 5 rings (SSSR count). The van der Waals surface area contributed by atoms with Crippen LogP contribution >= 0.6 is 0 Å². The summed E-state index contributed by atoms with van der Waals surface area (Å²) in [7, 11) is 0. The zero-order valence-electron chi connectivity index (χ0n) is 15.7. The number of carbonyl (C=O) groups is 2. The standard InChI is InChI=1S/C21H34N2O2/c1-14-4-2-3-5-18(14)23-20(25)13-22-19(24)12-21-9-15-6-16(10-21)8-17(7-15)11-21/h14-18H,2-13H2,1H3,(H,22,24)(H,23,25). The average molecular weight is 347 g/mol. The topological polar surface area (TPSA) is 58.2 Å². The van der Waals surface area contributed by atoms with E-state index in [1.54, 1.807) is 0 Å². The number of amides is 2. The van der Waals surface area contributed by atoms with E-state index in [1.165, 1.54) is 57.8 Å². The molecule has 0 spiro atoms. The molecule has 0 radical (unpaired) electrons. The normalized spacial score (nSPS) is 42.2. The first-order valence-electron chi connectivity index (χ1n) is 10.6. The summed E-state index contributed by atoms with van der Waals surface area (Å²) in [5.41, 5.74) is 0.257. The molecule has 0 aliphatic heterocycles. The number of hydrogen-bond donors (Lipinski definition) is 2. The Kier molecular flexibility index (Phi) is 4.81. The first-order valence-corrected chi connectivity index (χ1v) is 10.6. The van der Waals surface area contributed by atoms with Crippen LogP contribution in [0.4, 0.5) is 0 Å². The van der Waals surface area contributed by atoms with Crippen LogP contribution in [0.25, 0.3) is 0 Å². The maximum absolute atomic E-state index is 12.5. The summed E-state index contributed by atoms with van der Waals surface area (Å²) in [5, 5.41) is 6.04. The van der Waals surface area contributed by atoms with Crippen molar-refractivity contribution in [1.29, 1.82) is 0 Å². The molecule has 4 nitrogen and oxygen atoms in total. The molecule has 0 aromatic carbocycles. The number of nitrogens with one attached hydrogen (secondary N) is 2. The second-order valence-electron chi connectivity index (χ2n) is 9.81. The van der Waals surface area contributed by atoms with E-state index in [0.29, 0.717) is 18.4 Å². The smallest absolute Gasteiger partial charge is 0.239 e. The van der Waals surface area contributed by atoms with Crippen LogP contribution in [0.2, 0.25) is 0 Å². The third-order valence-electron chi connectivity index (χ3n) is 7.60. The van der Waals surface area contributed by atoms with Crippen LogP contribution in [0.1, 0.15) is 77.6 Å².